The van der Waals surface area contributed by atoms with Crippen molar-refractivity contribution in [1.29, 1.82) is 0 Å². The first-order valence-electron chi connectivity index (χ1n) is 4.88. The minimum Gasteiger partial charge on any atom is -0.330 e. The van der Waals surface area contributed by atoms with Crippen LogP contribution in [0.15, 0.2) is 31.7 Å². The molecule has 0 fully saturated rings. The van der Waals surface area contributed by atoms with E-state index >= 15 is 0 Å². The average molecular weight is 425 g/mol. The highest BCUT2D eigenvalue weighted by molar-refractivity contribution is 9.11. The third-order valence-corrected chi connectivity index (χ3v) is 3.82. The molecule has 0 aliphatic rings. The molecule has 90 valence electrons. The standard InChI is InChI=1S/C10H9Br3N4/c11-6-3-8(12)10(9(13)4-6)17-5-7(1-2-14)15-16-17/h3-5H,1-2,14H2. The van der Waals surface area contributed by atoms with E-state index in [1.165, 1.54) is 0 Å². The Balaban J connectivity index is 2.45. The summed E-state index contributed by atoms with van der Waals surface area (Å²) in [5.74, 6) is 0. The number of nitrogens with two attached hydrogens (primary N) is 1. The van der Waals surface area contributed by atoms with Crippen LogP contribution in [0.25, 0.3) is 5.69 Å². The van der Waals surface area contributed by atoms with Gasteiger partial charge in [-0.25, -0.2) is 4.68 Å². The van der Waals surface area contributed by atoms with Gasteiger partial charge in [-0.05, 0) is 50.5 Å². The molecule has 0 spiro atoms. The van der Waals surface area contributed by atoms with Crippen LogP contribution in [0, 0.1) is 0 Å². The van der Waals surface area contributed by atoms with E-state index in [1.54, 1.807) is 4.68 Å². The molecular formula is C10H9Br3N4. The van der Waals surface area contributed by atoms with E-state index in [4.69, 9.17) is 5.73 Å². The first-order valence-corrected chi connectivity index (χ1v) is 7.26. The zero-order chi connectivity index (χ0) is 12.4. The summed E-state index contributed by atoms with van der Waals surface area (Å²) >= 11 is 10.4. The normalized spacial score (nSPS) is 10.8. The highest BCUT2D eigenvalue weighted by Gasteiger charge is 2.11. The largest absolute Gasteiger partial charge is 0.330 e. The van der Waals surface area contributed by atoms with E-state index in [2.05, 4.69) is 58.1 Å². The van der Waals surface area contributed by atoms with Crippen molar-refractivity contribution in [2.75, 3.05) is 6.54 Å². The Hall–Kier alpha value is -0.240. The summed E-state index contributed by atoms with van der Waals surface area (Å²) in [6, 6.07) is 3.93. The Morgan fingerprint density at radius 1 is 1.18 bits per heavy atom. The van der Waals surface area contributed by atoms with E-state index in [0.29, 0.717) is 6.54 Å². The zero-order valence-corrected chi connectivity index (χ0v) is 13.5. The molecule has 2 aromatic rings. The van der Waals surface area contributed by atoms with Crippen molar-refractivity contribution in [3.8, 4) is 5.69 Å². The second-order valence-electron chi connectivity index (χ2n) is 3.41. The second kappa shape index (κ2) is 5.60. The van der Waals surface area contributed by atoms with Crippen LogP contribution >= 0.6 is 47.8 Å². The van der Waals surface area contributed by atoms with E-state index < -0.39 is 0 Å². The van der Waals surface area contributed by atoms with Gasteiger partial charge in [0.05, 0.1) is 17.6 Å². The maximum absolute atomic E-state index is 5.49. The molecule has 0 aliphatic carbocycles. The van der Waals surface area contributed by atoms with E-state index in [1.807, 2.05) is 18.3 Å². The third-order valence-electron chi connectivity index (χ3n) is 2.15. The van der Waals surface area contributed by atoms with Crippen molar-refractivity contribution in [1.82, 2.24) is 15.0 Å². The summed E-state index contributed by atoms with van der Waals surface area (Å²) in [4.78, 5) is 0. The fourth-order valence-electron chi connectivity index (χ4n) is 1.42. The molecular weight excluding hydrogens is 416 g/mol. The van der Waals surface area contributed by atoms with Gasteiger partial charge in [0, 0.05) is 19.8 Å². The SMILES string of the molecule is NCCc1cn(-c2c(Br)cc(Br)cc2Br)nn1. The Bertz CT molecular complexity index is 515. The van der Waals surface area contributed by atoms with Crippen LogP contribution in [0.5, 0.6) is 0 Å². The summed E-state index contributed by atoms with van der Waals surface area (Å²) in [6.07, 6.45) is 2.61. The number of rotatable bonds is 3. The van der Waals surface area contributed by atoms with Crippen LogP contribution < -0.4 is 5.73 Å². The fourth-order valence-corrected chi connectivity index (χ4v) is 4.05. The molecule has 7 heteroatoms. The van der Waals surface area contributed by atoms with Crippen LogP contribution in [0.2, 0.25) is 0 Å². The molecule has 1 heterocycles. The van der Waals surface area contributed by atoms with Gasteiger partial charge in [-0.3, -0.25) is 0 Å². The molecule has 0 aliphatic heterocycles. The number of nitrogens with zero attached hydrogens (tertiary/aromatic N) is 3. The van der Waals surface area contributed by atoms with E-state index in [0.717, 1.165) is 31.2 Å². The van der Waals surface area contributed by atoms with Crippen molar-refractivity contribution in [2.45, 2.75) is 6.42 Å². The zero-order valence-electron chi connectivity index (χ0n) is 8.70. The van der Waals surface area contributed by atoms with Crippen molar-refractivity contribution in [3.05, 3.63) is 37.4 Å². The van der Waals surface area contributed by atoms with Gasteiger partial charge in [-0.15, -0.1) is 5.10 Å². The average Bonchev–Trinajstić information content (AvgIpc) is 2.65. The summed E-state index contributed by atoms with van der Waals surface area (Å²) in [6.45, 7) is 0.571. The van der Waals surface area contributed by atoms with Gasteiger partial charge in [0.1, 0.15) is 0 Å². The topological polar surface area (TPSA) is 56.7 Å². The molecule has 4 nitrogen and oxygen atoms in total. The van der Waals surface area contributed by atoms with Gasteiger partial charge in [0.15, 0.2) is 0 Å². The Kier molecular flexibility index (Phi) is 4.35. The Morgan fingerprint density at radius 2 is 1.82 bits per heavy atom. The Labute approximate surface area is 124 Å². The van der Waals surface area contributed by atoms with Gasteiger partial charge in [-0.1, -0.05) is 21.1 Å². The van der Waals surface area contributed by atoms with E-state index in [9.17, 15) is 0 Å². The summed E-state index contributed by atoms with van der Waals surface area (Å²) in [7, 11) is 0. The fraction of sp³-hybridized carbons (Fsp3) is 0.200. The number of halogens is 3. The molecule has 17 heavy (non-hydrogen) atoms. The lowest BCUT2D eigenvalue weighted by Gasteiger charge is -2.07. The lowest BCUT2D eigenvalue weighted by atomic mass is 10.3. The molecule has 0 radical (unpaired) electrons. The molecule has 0 atom stereocenters. The summed E-state index contributed by atoms with van der Waals surface area (Å²) < 4.78 is 4.58. The quantitative estimate of drug-likeness (QED) is 0.823. The smallest absolute Gasteiger partial charge is 0.0948 e. The van der Waals surface area contributed by atoms with E-state index in [-0.39, 0.29) is 0 Å². The van der Waals surface area contributed by atoms with Gasteiger partial charge in [-0.2, -0.15) is 0 Å². The van der Waals surface area contributed by atoms with Crippen LogP contribution in [0.4, 0.5) is 0 Å². The first kappa shape index (κ1) is 13.2. The van der Waals surface area contributed by atoms with Crippen LogP contribution in [0.1, 0.15) is 5.69 Å². The minimum absolute atomic E-state index is 0.571. The molecule has 2 rings (SSSR count). The lowest BCUT2D eigenvalue weighted by molar-refractivity contribution is 0.789. The van der Waals surface area contributed by atoms with Gasteiger partial charge in [0.2, 0.25) is 0 Å². The highest BCUT2D eigenvalue weighted by atomic mass is 79.9. The highest BCUT2D eigenvalue weighted by Crippen LogP contribution is 2.32. The molecule has 0 bridgehead atoms. The van der Waals surface area contributed by atoms with Crippen molar-refractivity contribution in [3.63, 3.8) is 0 Å². The Morgan fingerprint density at radius 3 is 2.41 bits per heavy atom. The molecule has 0 saturated heterocycles. The molecule has 0 amide bonds. The number of hydrogen-bond donors (Lipinski definition) is 1. The van der Waals surface area contributed by atoms with Crippen LogP contribution in [0.3, 0.4) is 0 Å². The minimum atomic E-state index is 0.571. The molecule has 0 saturated carbocycles. The molecule has 2 N–H and O–H groups in total. The van der Waals surface area contributed by atoms with Crippen LogP contribution in [-0.4, -0.2) is 21.5 Å². The maximum Gasteiger partial charge on any atom is 0.0948 e. The first-order chi connectivity index (χ1) is 8.11. The monoisotopic (exact) mass is 422 g/mol. The van der Waals surface area contributed by atoms with Gasteiger partial charge < -0.3 is 5.73 Å². The van der Waals surface area contributed by atoms with Gasteiger partial charge in [0.25, 0.3) is 0 Å². The summed E-state index contributed by atoms with van der Waals surface area (Å²) in [5, 5.41) is 8.16. The molecule has 0 unspecified atom stereocenters. The molecule has 1 aromatic carbocycles. The maximum atomic E-state index is 5.49. The second-order valence-corrected chi connectivity index (χ2v) is 6.04. The number of aromatic nitrogens is 3. The van der Waals surface area contributed by atoms with Crippen LogP contribution in [-0.2, 0) is 6.42 Å². The van der Waals surface area contributed by atoms with Crippen molar-refractivity contribution in [2.24, 2.45) is 5.73 Å². The summed E-state index contributed by atoms with van der Waals surface area (Å²) in [5.41, 5.74) is 7.29. The number of benzene rings is 1. The van der Waals surface area contributed by atoms with Gasteiger partial charge >= 0.3 is 0 Å². The van der Waals surface area contributed by atoms with Crippen molar-refractivity contribution >= 4 is 47.8 Å². The third kappa shape index (κ3) is 2.96. The van der Waals surface area contributed by atoms with Crippen molar-refractivity contribution < 1.29 is 0 Å². The predicted molar refractivity (Wildman–Crippen MR) is 77.2 cm³/mol. The number of hydrogen-bond acceptors (Lipinski definition) is 3. The predicted octanol–water partition coefficient (Wildman–Crippen LogP) is 3.06. The molecule has 1 aromatic heterocycles. The lowest BCUT2D eigenvalue weighted by Crippen LogP contribution is -2.02.